The van der Waals surface area contributed by atoms with Gasteiger partial charge in [-0.15, -0.1) is 0 Å². The number of aromatic nitrogens is 2. The highest BCUT2D eigenvalue weighted by molar-refractivity contribution is 5.85. The maximum absolute atomic E-state index is 14.4. The number of nitrogens with zero attached hydrogens (tertiary/aromatic N) is 3. The second-order valence-corrected chi connectivity index (χ2v) is 6.86. The van der Waals surface area contributed by atoms with E-state index in [1.165, 1.54) is 12.3 Å². The molecule has 4 rings (SSSR count). The van der Waals surface area contributed by atoms with Gasteiger partial charge < -0.3 is 19.2 Å². The summed E-state index contributed by atoms with van der Waals surface area (Å²) in [6.07, 6.45) is 4.12. The summed E-state index contributed by atoms with van der Waals surface area (Å²) in [7, 11) is 1.58. The first-order valence-corrected chi connectivity index (χ1v) is 9.06. The van der Waals surface area contributed by atoms with Gasteiger partial charge in [-0.25, -0.2) is 9.37 Å². The van der Waals surface area contributed by atoms with Crippen molar-refractivity contribution in [1.82, 2.24) is 9.97 Å². The molecule has 8 heteroatoms. The van der Waals surface area contributed by atoms with Gasteiger partial charge >= 0.3 is 5.97 Å². The Hall–Kier alpha value is -3.00. The maximum atomic E-state index is 14.4. The number of carboxylic acids is 1. The van der Waals surface area contributed by atoms with E-state index >= 15 is 0 Å². The van der Waals surface area contributed by atoms with Crippen LogP contribution in [-0.2, 0) is 16.1 Å². The average Bonchev–Trinajstić information content (AvgIpc) is 3.17. The number of rotatable bonds is 5. The van der Waals surface area contributed by atoms with Gasteiger partial charge in [0, 0.05) is 31.1 Å². The molecule has 146 valence electrons. The van der Waals surface area contributed by atoms with Gasteiger partial charge in [-0.2, -0.15) is 0 Å². The van der Waals surface area contributed by atoms with Crippen molar-refractivity contribution in [3.8, 4) is 11.3 Å². The number of halogens is 1. The highest BCUT2D eigenvalue weighted by Gasteiger charge is 2.27. The lowest BCUT2D eigenvalue weighted by atomic mass is 9.97. The number of aliphatic carboxylic acids is 1. The van der Waals surface area contributed by atoms with Crippen molar-refractivity contribution < 1.29 is 23.4 Å². The number of carbonyl (C=O) groups is 1. The van der Waals surface area contributed by atoms with Gasteiger partial charge in [0.2, 0.25) is 0 Å². The molecule has 3 heterocycles. The van der Waals surface area contributed by atoms with Crippen LogP contribution >= 0.6 is 0 Å². The van der Waals surface area contributed by atoms with Gasteiger partial charge in [0.05, 0.1) is 30.7 Å². The third-order valence-corrected chi connectivity index (χ3v) is 5.02. The molecule has 1 N–H and O–H groups in total. The molecule has 0 saturated carbocycles. The first kappa shape index (κ1) is 18.4. The molecule has 3 aromatic rings. The van der Waals surface area contributed by atoms with Gasteiger partial charge in [0.1, 0.15) is 5.69 Å². The van der Waals surface area contributed by atoms with E-state index in [-0.39, 0.29) is 11.5 Å². The Labute approximate surface area is 160 Å². The number of anilines is 1. The molecule has 0 aliphatic carbocycles. The van der Waals surface area contributed by atoms with Crippen molar-refractivity contribution in [2.24, 2.45) is 5.92 Å². The summed E-state index contributed by atoms with van der Waals surface area (Å²) in [6, 6.07) is 4.90. The van der Waals surface area contributed by atoms with Crippen molar-refractivity contribution in [2.45, 2.75) is 19.4 Å². The van der Waals surface area contributed by atoms with Crippen LogP contribution in [0.4, 0.5) is 10.2 Å². The Balaban J connectivity index is 1.75. The fourth-order valence-corrected chi connectivity index (χ4v) is 3.57. The third kappa shape index (κ3) is 3.43. The summed E-state index contributed by atoms with van der Waals surface area (Å²) >= 11 is 0. The van der Waals surface area contributed by atoms with E-state index in [9.17, 15) is 14.3 Å². The van der Waals surface area contributed by atoms with Gasteiger partial charge in [-0.1, -0.05) is 0 Å². The van der Waals surface area contributed by atoms with Crippen LogP contribution in [0.25, 0.3) is 22.2 Å². The molecular weight excluding hydrogens is 365 g/mol. The highest BCUT2D eigenvalue weighted by atomic mass is 19.1. The topological polar surface area (TPSA) is 88.7 Å². The standard InChI is InChI=1S/C20H20FN3O4/c1-27-11-15-10-22-17(14-8-13-4-7-28-18(13)16(21)9-14)19(23-15)24-5-2-12(3-6-24)20(25)26/h4,7-10,12H,2-3,5-6,11H2,1H3,(H,25,26). The highest BCUT2D eigenvalue weighted by Crippen LogP contribution is 2.33. The molecule has 1 fully saturated rings. The number of hydrogen-bond acceptors (Lipinski definition) is 6. The van der Waals surface area contributed by atoms with E-state index in [2.05, 4.69) is 9.97 Å². The molecule has 1 aliphatic rings. The van der Waals surface area contributed by atoms with Gasteiger partial charge in [-0.05, 0) is 31.0 Å². The minimum Gasteiger partial charge on any atom is -0.481 e. The monoisotopic (exact) mass is 385 g/mol. The number of hydrogen-bond donors (Lipinski definition) is 1. The normalized spacial score (nSPS) is 15.3. The third-order valence-electron chi connectivity index (χ3n) is 5.02. The lowest BCUT2D eigenvalue weighted by Crippen LogP contribution is -2.37. The fraction of sp³-hybridized carbons (Fsp3) is 0.350. The fourth-order valence-electron chi connectivity index (χ4n) is 3.57. The van der Waals surface area contributed by atoms with E-state index in [0.29, 0.717) is 60.7 Å². The first-order chi connectivity index (χ1) is 13.6. The van der Waals surface area contributed by atoms with E-state index in [1.807, 2.05) is 11.0 Å². The number of methoxy groups -OCH3 is 1. The largest absolute Gasteiger partial charge is 0.481 e. The lowest BCUT2D eigenvalue weighted by molar-refractivity contribution is -0.142. The van der Waals surface area contributed by atoms with Gasteiger partial charge in [0.15, 0.2) is 17.2 Å². The van der Waals surface area contributed by atoms with Crippen LogP contribution in [0.1, 0.15) is 18.5 Å². The van der Waals surface area contributed by atoms with Gasteiger partial charge in [-0.3, -0.25) is 9.78 Å². The average molecular weight is 385 g/mol. The van der Waals surface area contributed by atoms with Crippen LogP contribution in [0, 0.1) is 11.7 Å². The Morgan fingerprint density at radius 2 is 2.18 bits per heavy atom. The molecule has 1 aliphatic heterocycles. The van der Waals surface area contributed by atoms with Crippen molar-refractivity contribution in [3.05, 3.63) is 42.2 Å². The molecule has 28 heavy (non-hydrogen) atoms. The maximum Gasteiger partial charge on any atom is 0.306 e. The Morgan fingerprint density at radius 1 is 1.39 bits per heavy atom. The van der Waals surface area contributed by atoms with E-state index < -0.39 is 11.8 Å². The van der Waals surface area contributed by atoms with Crippen LogP contribution in [0.3, 0.4) is 0 Å². The molecule has 7 nitrogen and oxygen atoms in total. The van der Waals surface area contributed by atoms with E-state index in [0.717, 1.165) is 0 Å². The second kappa shape index (κ2) is 7.55. The Kier molecular flexibility index (Phi) is 4.95. The Bertz CT molecular complexity index is 1010. The smallest absolute Gasteiger partial charge is 0.306 e. The molecule has 0 amide bonds. The van der Waals surface area contributed by atoms with E-state index in [4.69, 9.17) is 9.15 Å². The predicted octanol–water partition coefficient (Wildman–Crippen LogP) is 3.48. The molecule has 0 unspecified atom stereocenters. The summed E-state index contributed by atoms with van der Waals surface area (Å²) in [5.74, 6) is -0.974. The summed E-state index contributed by atoms with van der Waals surface area (Å²) in [4.78, 5) is 22.5. The van der Waals surface area contributed by atoms with Crippen molar-refractivity contribution >= 4 is 22.8 Å². The van der Waals surface area contributed by atoms with Gasteiger partial charge in [0.25, 0.3) is 0 Å². The molecular formula is C20H20FN3O4. The SMILES string of the molecule is COCc1cnc(-c2cc(F)c3occc3c2)c(N2CCC(C(=O)O)CC2)n1. The minimum absolute atomic E-state index is 0.205. The van der Waals surface area contributed by atoms with E-state index in [1.54, 1.807) is 19.4 Å². The summed E-state index contributed by atoms with van der Waals surface area (Å²) in [5.41, 5.74) is 2.01. The Morgan fingerprint density at radius 3 is 2.89 bits per heavy atom. The van der Waals surface area contributed by atoms with Crippen LogP contribution in [0.2, 0.25) is 0 Å². The zero-order valence-electron chi connectivity index (χ0n) is 15.4. The molecule has 0 atom stereocenters. The van der Waals surface area contributed by atoms with Crippen LogP contribution in [0.15, 0.2) is 35.1 Å². The first-order valence-electron chi connectivity index (χ1n) is 9.06. The molecule has 1 aromatic carbocycles. The van der Waals surface area contributed by atoms with Crippen molar-refractivity contribution in [1.29, 1.82) is 0 Å². The molecule has 2 aromatic heterocycles. The number of piperidine rings is 1. The molecule has 0 radical (unpaired) electrons. The number of ether oxygens (including phenoxy) is 1. The molecule has 1 saturated heterocycles. The molecule has 0 bridgehead atoms. The summed E-state index contributed by atoms with van der Waals surface area (Å²) in [5, 5.41) is 9.89. The van der Waals surface area contributed by atoms with Crippen LogP contribution in [-0.4, -0.2) is 41.2 Å². The quantitative estimate of drug-likeness (QED) is 0.719. The summed E-state index contributed by atoms with van der Waals surface area (Å²) in [6.45, 7) is 1.40. The second-order valence-electron chi connectivity index (χ2n) is 6.86. The number of furan rings is 1. The van der Waals surface area contributed by atoms with Crippen molar-refractivity contribution in [2.75, 3.05) is 25.1 Å². The zero-order valence-corrected chi connectivity index (χ0v) is 15.4. The number of fused-ring (bicyclic) bond motifs is 1. The van der Waals surface area contributed by atoms with Crippen molar-refractivity contribution in [3.63, 3.8) is 0 Å². The summed E-state index contributed by atoms with van der Waals surface area (Å²) < 4.78 is 24.8. The van der Waals surface area contributed by atoms with Crippen LogP contribution < -0.4 is 4.90 Å². The number of benzene rings is 1. The predicted molar refractivity (Wildman–Crippen MR) is 100 cm³/mol. The lowest BCUT2D eigenvalue weighted by Gasteiger charge is -2.32. The molecule has 0 spiro atoms. The zero-order chi connectivity index (χ0) is 19.7. The number of carboxylic acid groups (broad SMARTS) is 1. The minimum atomic E-state index is -0.772. The van der Waals surface area contributed by atoms with Crippen LogP contribution in [0.5, 0.6) is 0 Å².